The number of piperidine rings is 1. The van der Waals surface area contributed by atoms with Crippen LogP contribution in [0.15, 0.2) is 18.2 Å². The molecule has 2 atom stereocenters. The third kappa shape index (κ3) is 3.35. The molecule has 1 aromatic rings. The first kappa shape index (κ1) is 14.9. The van der Waals surface area contributed by atoms with Gasteiger partial charge in [0, 0.05) is 18.7 Å². The van der Waals surface area contributed by atoms with Crippen LogP contribution in [0.5, 0.6) is 5.75 Å². The fourth-order valence-corrected chi connectivity index (χ4v) is 2.50. The van der Waals surface area contributed by atoms with Crippen LogP contribution in [0.3, 0.4) is 0 Å². The number of ether oxygens (including phenoxy) is 1. The summed E-state index contributed by atoms with van der Waals surface area (Å²) in [5.41, 5.74) is 0.349. The van der Waals surface area contributed by atoms with E-state index in [2.05, 4.69) is 0 Å². The molecule has 0 saturated carbocycles. The van der Waals surface area contributed by atoms with Crippen molar-refractivity contribution in [3.8, 4) is 5.75 Å². The molecule has 1 aliphatic heterocycles. The van der Waals surface area contributed by atoms with Gasteiger partial charge in [-0.15, -0.1) is 0 Å². The summed E-state index contributed by atoms with van der Waals surface area (Å²) in [4.78, 5) is 14.1. The Balaban J connectivity index is 2.00. The van der Waals surface area contributed by atoms with Crippen LogP contribution in [0, 0.1) is 11.7 Å². The van der Waals surface area contributed by atoms with Crippen molar-refractivity contribution in [3.63, 3.8) is 0 Å². The normalized spacial score (nSPS) is 23.6. The van der Waals surface area contributed by atoms with E-state index in [-0.39, 0.29) is 30.1 Å². The molecule has 1 saturated heterocycles. The van der Waals surface area contributed by atoms with Gasteiger partial charge in [-0.3, -0.25) is 9.69 Å². The van der Waals surface area contributed by atoms with Gasteiger partial charge in [-0.2, -0.15) is 0 Å². The molecular formula is C15H20FNO3. The number of carbonyl (C=O) groups excluding carboxylic acids is 1. The smallest absolute Gasteiger partial charge is 0.176 e. The van der Waals surface area contributed by atoms with Crippen LogP contribution in [0.4, 0.5) is 4.39 Å². The first-order chi connectivity index (χ1) is 9.51. The first-order valence-corrected chi connectivity index (χ1v) is 6.78. The Kier molecular flexibility index (Phi) is 4.73. The number of halogens is 1. The van der Waals surface area contributed by atoms with E-state index in [1.54, 1.807) is 6.07 Å². The molecule has 110 valence electrons. The number of hydrogen-bond donors (Lipinski definition) is 1. The Morgan fingerprint density at radius 3 is 2.90 bits per heavy atom. The van der Waals surface area contributed by atoms with Gasteiger partial charge in [0.2, 0.25) is 0 Å². The molecule has 1 heterocycles. The molecule has 0 amide bonds. The molecule has 1 N–H and O–H groups in total. The fourth-order valence-electron chi connectivity index (χ4n) is 2.50. The van der Waals surface area contributed by atoms with Crippen molar-refractivity contribution in [1.29, 1.82) is 0 Å². The molecule has 5 heteroatoms. The summed E-state index contributed by atoms with van der Waals surface area (Å²) >= 11 is 0. The zero-order valence-electron chi connectivity index (χ0n) is 11.8. The van der Waals surface area contributed by atoms with Gasteiger partial charge >= 0.3 is 0 Å². The standard InChI is InChI=1S/C15H20FNO3/c1-10-8-17(6-5-13(10)18)9-14(19)11-3-4-15(20-2)12(16)7-11/h3-4,7,10,13,18H,5-6,8-9H2,1-2H3. The quantitative estimate of drug-likeness (QED) is 0.854. The molecule has 1 aromatic carbocycles. The largest absolute Gasteiger partial charge is 0.494 e. The number of carbonyl (C=O) groups is 1. The molecule has 0 aromatic heterocycles. The van der Waals surface area contributed by atoms with Crippen LogP contribution in [0.25, 0.3) is 0 Å². The number of methoxy groups -OCH3 is 1. The highest BCUT2D eigenvalue weighted by atomic mass is 19.1. The lowest BCUT2D eigenvalue weighted by atomic mass is 9.96. The van der Waals surface area contributed by atoms with Crippen LogP contribution < -0.4 is 4.74 Å². The SMILES string of the molecule is COc1ccc(C(=O)CN2CCC(O)C(C)C2)cc1F. The zero-order chi connectivity index (χ0) is 14.7. The number of aliphatic hydroxyl groups is 1. The van der Waals surface area contributed by atoms with E-state index in [1.807, 2.05) is 11.8 Å². The van der Waals surface area contributed by atoms with Crippen LogP contribution in [0.2, 0.25) is 0 Å². The summed E-state index contributed by atoms with van der Waals surface area (Å²) in [6, 6.07) is 4.25. The van der Waals surface area contributed by atoms with E-state index < -0.39 is 5.82 Å². The monoisotopic (exact) mass is 281 g/mol. The van der Waals surface area contributed by atoms with Crippen molar-refractivity contribution < 1.29 is 19.0 Å². The summed E-state index contributed by atoms with van der Waals surface area (Å²) in [6.45, 7) is 3.60. The highest BCUT2D eigenvalue weighted by molar-refractivity contribution is 5.97. The number of ketones is 1. The summed E-state index contributed by atoms with van der Waals surface area (Å²) in [7, 11) is 1.39. The molecule has 20 heavy (non-hydrogen) atoms. The van der Waals surface area contributed by atoms with E-state index in [9.17, 15) is 14.3 Å². The second-order valence-electron chi connectivity index (χ2n) is 5.34. The third-order valence-electron chi connectivity index (χ3n) is 3.79. The Morgan fingerprint density at radius 1 is 1.55 bits per heavy atom. The topological polar surface area (TPSA) is 49.8 Å². The van der Waals surface area contributed by atoms with Crippen LogP contribution in [-0.4, -0.2) is 48.6 Å². The second-order valence-corrected chi connectivity index (χ2v) is 5.34. The molecular weight excluding hydrogens is 261 g/mol. The van der Waals surface area contributed by atoms with Gasteiger partial charge in [-0.25, -0.2) is 4.39 Å². The van der Waals surface area contributed by atoms with Gasteiger partial charge in [0.25, 0.3) is 0 Å². The maximum absolute atomic E-state index is 13.6. The predicted octanol–water partition coefficient (Wildman–Crippen LogP) is 1.72. The van der Waals surface area contributed by atoms with E-state index in [1.165, 1.54) is 19.2 Å². The number of likely N-dealkylation sites (tertiary alicyclic amines) is 1. The van der Waals surface area contributed by atoms with Crippen molar-refractivity contribution in [2.75, 3.05) is 26.7 Å². The minimum Gasteiger partial charge on any atom is -0.494 e. The summed E-state index contributed by atoms with van der Waals surface area (Å²) in [5, 5.41) is 9.67. The van der Waals surface area contributed by atoms with Gasteiger partial charge in [0.15, 0.2) is 17.3 Å². The molecule has 1 aliphatic rings. The Hall–Kier alpha value is -1.46. The number of aliphatic hydroxyl groups excluding tert-OH is 1. The fraction of sp³-hybridized carbons (Fsp3) is 0.533. The second kappa shape index (κ2) is 6.33. The third-order valence-corrected chi connectivity index (χ3v) is 3.79. The molecule has 0 bridgehead atoms. The van der Waals surface area contributed by atoms with Crippen molar-refractivity contribution >= 4 is 5.78 Å². The highest BCUT2D eigenvalue weighted by Crippen LogP contribution is 2.20. The first-order valence-electron chi connectivity index (χ1n) is 6.78. The average Bonchev–Trinajstić information content (AvgIpc) is 2.42. The van der Waals surface area contributed by atoms with Gasteiger partial charge in [-0.05, 0) is 30.5 Å². The minimum absolute atomic E-state index is 0.116. The summed E-state index contributed by atoms with van der Waals surface area (Å²) < 4.78 is 18.4. The molecule has 0 spiro atoms. The lowest BCUT2D eigenvalue weighted by molar-refractivity contribution is 0.0344. The number of nitrogens with zero attached hydrogens (tertiary/aromatic N) is 1. The van der Waals surface area contributed by atoms with Crippen LogP contribution in [0.1, 0.15) is 23.7 Å². The lowest BCUT2D eigenvalue weighted by Crippen LogP contribution is -2.44. The van der Waals surface area contributed by atoms with Crippen molar-refractivity contribution in [2.45, 2.75) is 19.4 Å². The molecule has 0 aliphatic carbocycles. The van der Waals surface area contributed by atoms with E-state index >= 15 is 0 Å². The predicted molar refractivity (Wildman–Crippen MR) is 73.5 cm³/mol. The summed E-state index contributed by atoms with van der Waals surface area (Å²) in [5.74, 6) is -0.351. The van der Waals surface area contributed by atoms with Crippen molar-refractivity contribution in [1.82, 2.24) is 4.90 Å². The Morgan fingerprint density at radius 2 is 2.30 bits per heavy atom. The number of benzene rings is 1. The van der Waals surface area contributed by atoms with Crippen molar-refractivity contribution in [3.05, 3.63) is 29.6 Å². The number of hydrogen-bond acceptors (Lipinski definition) is 4. The molecule has 2 unspecified atom stereocenters. The van der Waals surface area contributed by atoms with Gasteiger partial charge < -0.3 is 9.84 Å². The molecule has 4 nitrogen and oxygen atoms in total. The number of Topliss-reactive ketones (excluding diaryl/α,β-unsaturated/α-hetero) is 1. The lowest BCUT2D eigenvalue weighted by Gasteiger charge is -2.33. The highest BCUT2D eigenvalue weighted by Gasteiger charge is 2.25. The number of rotatable bonds is 4. The Bertz CT molecular complexity index is 492. The van der Waals surface area contributed by atoms with E-state index in [0.717, 1.165) is 0 Å². The minimum atomic E-state index is -0.527. The van der Waals surface area contributed by atoms with Gasteiger partial charge in [-0.1, -0.05) is 6.92 Å². The van der Waals surface area contributed by atoms with Crippen molar-refractivity contribution in [2.24, 2.45) is 5.92 Å². The maximum Gasteiger partial charge on any atom is 0.176 e. The van der Waals surface area contributed by atoms with E-state index in [4.69, 9.17) is 4.74 Å². The van der Waals surface area contributed by atoms with Crippen LogP contribution >= 0.6 is 0 Å². The average molecular weight is 281 g/mol. The Labute approximate surface area is 118 Å². The van der Waals surface area contributed by atoms with Gasteiger partial charge in [0.1, 0.15) is 0 Å². The molecule has 0 radical (unpaired) electrons. The van der Waals surface area contributed by atoms with Crippen LogP contribution in [-0.2, 0) is 0 Å². The van der Waals surface area contributed by atoms with Gasteiger partial charge in [0.05, 0.1) is 19.8 Å². The summed E-state index contributed by atoms with van der Waals surface area (Å²) in [6.07, 6.45) is 0.380. The zero-order valence-corrected chi connectivity index (χ0v) is 11.8. The molecule has 1 fully saturated rings. The van der Waals surface area contributed by atoms with E-state index in [0.29, 0.717) is 25.1 Å². The maximum atomic E-state index is 13.6. The molecule has 2 rings (SSSR count).